The fraction of sp³-hybridized carbons (Fsp3) is 0.706. The fourth-order valence-corrected chi connectivity index (χ4v) is 2.08. The van der Waals surface area contributed by atoms with Gasteiger partial charge in [-0.1, -0.05) is 19.9 Å². The van der Waals surface area contributed by atoms with Crippen molar-refractivity contribution in [2.45, 2.75) is 45.6 Å². The molecule has 0 bridgehead atoms. The van der Waals surface area contributed by atoms with Crippen LogP contribution in [0.4, 0.5) is 9.59 Å². The van der Waals surface area contributed by atoms with Gasteiger partial charge in [0.2, 0.25) is 0 Å². The molecule has 0 aromatic rings. The predicted octanol–water partition coefficient (Wildman–Crippen LogP) is 2.64. The van der Waals surface area contributed by atoms with E-state index in [1.54, 1.807) is 7.05 Å². The van der Waals surface area contributed by atoms with Gasteiger partial charge in [0.25, 0.3) is 0 Å². The highest BCUT2D eigenvalue weighted by atomic mass is 16.6. The molecule has 0 aliphatic rings. The van der Waals surface area contributed by atoms with E-state index in [2.05, 4.69) is 16.6 Å². The van der Waals surface area contributed by atoms with Crippen molar-refractivity contribution in [3.05, 3.63) is 12.7 Å². The number of amides is 2. The molecule has 0 aliphatic carbocycles. The Hall–Kier alpha value is -2.25. The lowest BCUT2D eigenvalue weighted by molar-refractivity contribution is -0.138. The van der Waals surface area contributed by atoms with Gasteiger partial charge in [-0.05, 0) is 32.6 Å². The molecule has 1 atom stereocenters. The van der Waals surface area contributed by atoms with Gasteiger partial charge >= 0.3 is 18.2 Å². The van der Waals surface area contributed by atoms with Gasteiger partial charge in [-0.15, -0.1) is 0 Å². The number of carboxylic acid groups (broad SMARTS) is 1. The number of carbonyl (C=O) groups excluding carboxylic acids is 2. The Morgan fingerprint density at radius 2 is 1.84 bits per heavy atom. The maximum absolute atomic E-state index is 11.4. The van der Waals surface area contributed by atoms with Gasteiger partial charge in [-0.3, -0.25) is 0 Å². The Kier molecular flexibility index (Phi) is 10.3. The number of ether oxygens (including phenoxy) is 2. The molecule has 0 aliphatic heterocycles. The van der Waals surface area contributed by atoms with Crippen molar-refractivity contribution < 1.29 is 29.0 Å². The highest BCUT2D eigenvalue weighted by Crippen LogP contribution is 2.27. The summed E-state index contributed by atoms with van der Waals surface area (Å²) in [5, 5.41) is 11.7. The number of alkyl carbamates (subject to hydrolysis) is 1. The third-order valence-electron chi connectivity index (χ3n) is 4.42. The number of rotatable bonds is 11. The third-order valence-corrected chi connectivity index (χ3v) is 4.42. The summed E-state index contributed by atoms with van der Waals surface area (Å²) in [7, 11) is 1.57. The zero-order chi connectivity index (χ0) is 19.5. The van der Waals surface area contributed by atoms with Crippen LogP contribution in [0, 0.1) is 5.92 Å². The van der Waals surface area contributed by atoms with E-state index in [1.165, 1.54) is 4.90 Å². The van der Waals surface area contributed by atoms with E-state index in [4.69, 9.17) is 9.84 Å². The van der Waals surface area contributed by atoms with Crippen LogP contribution in [0.3, 0.4) is 0 Å². The van der Waals surface area contributed by atoms with Crippen LogP contribution in [0.2, 0.25) is 0 Å². The molecule has 0 rings (SSSR count). The van der Waals surface area contributed by atoms with Gasteiger partial charge in [0.1, 0.15) is 13.2 Å². The number of esters is 1. The van der Waals surface area contributed by atoms with E-state index in [-0.39, 0.29) is 19.1 Å². The summed E-state index contributed by atoms with van der Waals surface area (Å²) < 4.78 is 9.51. The van der Waals surface area contributed by atoms with Crippen LogP contribution in [0.5, 0.6) is 0 Å². The number of nitrogens with one attached hydrogen (secondary N) is 1. The van der Waals surface area contributed by atoms with E-state index >= 15 is 0 Å². The summed E-state index contributed by atoms with van der Waals surface area (Å²) in [5.41, 5.74) is -0.457. The first-order valence-electron chi connectivity index (χ1n) is 8.29. The number of unbranched alkanes of at least 4 members (excludes halogenated alkanes) is 1. The van der Waals surface area contributed by atoms with Crippen LogP contribution >= 0.6 is 0 Å². The minimum atomic E-state index is -0.944. The second kappa shape index (κ2) is 11.3. The van der Waals surface area contributed by atoms with Crippen molar-refractivity contribution in [3.63, 3.8) is 0 Å². The van der Waals surface area contributed by atoms with E-state index < -0.39 is 23.7 Å². The van der Waals surface area contributed by atoms with Gasteiger partial charge in [0.15, 0.2) is 0 Å². The molecule has 0 aromatic carbocycles. The maximum atomic E-state index is 11.4. The summed E-state index contributed by atoms with van der Waals surface area (Å²) in [4.78, 5) is 34.6. The zero-order valence-electron chi connectivity index (χ0n) is 15.5. The summed E-state index contributed by atoms with van der Waals surface area (Å²) in [6.45, 7) is 9.52. The highest BCUT2D eigenvalue weighted by Gasteiger charge is 2.32. The number of nitrogens with zero attached hydrogens (tertiary/aromatic N) is 1. The summed E-state index contributed by atoms with van der Waals surface area (Å²) >= 11 is 0. The monoisotopic (exact) mass is 358 g/mol. The highest BCUT2D eigenvalue weighted by molar-refractivity contribution is 5.81. The molecule has 0 saturated heterocycles. The normalized spacial score (nSPS) is 12.0. The lowest BCUT2D eigenvalue weighted by atomic mass is 9.84. The molecule has 8 nitrogen and oxygen atoms in total. The van der Waals surface area contributed by atoms with Crippen molar-refractivity contribution in [1.29, 1.82) is 0 Å². The topological polar surface area (TPSA) is 105 Å². The average Bonchev–Trinajstić information content (AvgIpc) is 2.56. The van der Waals surface area contributed by atoms with Crippen LogP contribution in [0.1, 0.15) is 40.0 Å². The van der Waals surface area contributed by atoms with Crippen LogP contribution in [-0.2, 0) is 14.3 Å². The van der Waals surface area contributed by atoms with Crippen LogP contribution in [0.25, 0.3) is 0 Å². The first-order chi connectivity index (χ1) is 11.6. The van der Waals surface area contributed by atoms with Crippen molar-refractivity contribution in [1.82, 2.24) is 10.2 Å². The Bertz CT molecular complexity index is 464. The van der Waals surface area contributed by atoms with E-state index in [0.717, 1.165) is 25.3 Å². The second-order valence-electron chi connectivity index (χ2n) is 6.33. The van der Waals surface area contributed by atoms with Crippen LogP contribution in [0.15, 0.2) is 12.7 Å². The average molecular weight is 358 g/mol. The quantitative estimate of drug-likeness (QED) is 0.334. The number of hydrogen-bond donors (Lipinski definition) is 2. The van der Waals surface area contributed by atoms with Gasteiger partial charge in [0, 0.05) is 25.2 Å². The zero-order valence-corrected chi connectivity index (χ0v) is 15.5. The summed E-state index contributed by atoms with van der Waals surface area (Å²) in [5.74, 6) is -0.380. The van der Waals surface area contributed by atoms with Crippen molar-refractivity contribution >= 4 is 18.2 Å². The minimum absolute atomic E-state index is 0.0119. The smallest absolute Gasteiger partial charge is 0.407 e. The van der Waals surface area contributed by atoms with Crippen molar-refractivity contribution in [3.8, 4) is 0 Å². The number of hydrogen-bond acceptors (Lipinski definition) is 5. The minimum Gasteiger partial charge on any atom is -0.465 e. The van der Waals surface area contributed by atoms with Crippen molar-refractivity contribution in [2.75, 3.05) is 26.8 Å². The van der Waals surface area contributed by atoms with Gasteiger partial charge < -0.3 is 24.8 Å². The number of carbonyl (C=O) groups is 3. The molecule has 1 unspecified atom stereocenters. The van der Waals surface area contributed by atoms with E-state index in [0.29, 0.717) is 6.54 Å². The molecule has 0 heterocycles. The second-order valence-corrected chi connectivity index (χ2v) is 6.33. The Morgan fingerprint density at radius 3 is 2.40 bits per heavy atom. The van der Waals surface area contributed by atoms with Gasteiger partial charge in [0.05, 0.1) is 0 Å². The van der Waals surface area contributed by atoms with E-state index in [1.807, 2.05) is 20.8 Å². The Balaban J connectivity index is 3.84. The molecule has 25 heavy (non-hydrogen) atoms. The molecule has 0 fully saturated rings. The largest absolute Gasteiger partial charge is 0.465 e. The Labute approximate surface area is 149 Å². The molecule has 144 valence electrons. The fourth-order valence-electron chi connectivity index (χ4n) is 2.08. The molecule has 2 amide bonds. The summed E-state index contributed by atoms with van der Waals surface area (Å²) in [6, 6.07) is 0. The standard InChI is InChI=1S/C17H30N2O6/c1-6-14(20)24-11-12-25-15(21)18-10-8-7-9-13(2)17(3,4)19(5)16(22)23/h6,13H,1,7-12H2,2-5H3,(H,18,21)(H,22,23). The lowest BCUT2D eigenvalue weighted by Gasteiger charge is -2.39. The summed E-state index contributed by atoms with van der Waals surface area (Å²) in [6.07, 6.45) is 2.00. The van der Waals surface area contributed by atoms with Crippen molar-refractivity contribution in [2.24, 2.45) is 5.92 Å². The third kappa shape index (κ3) is 8.97. The molecule has 0 radical (unpaired) electrons. The molecular formula is C17H30N2O6. The molecule has 0 aromatic heterocycles. The van der Waals surface area contributed by atoms with E-state index in [9.17, 15) is 14.4 Å². The van der Waals surface area contributed by atoms with Crippen LogP contribution in [-0.4, -0.2) is 60.5 Å². The lowest BCUT2D eigenvalue weighted by Crippen LogP contribution is -2.48. The van der Waals surface area contributed by atoms with Crippen LogP contribution < -0.4 is 5.32 Å². The first-order valence-corrected chi connectivity index (χ1v) is 8.29. The molecule has 2 N–H and O–H groups in total. The Morgan fingerprint density at radius 1 is 1.24 bits per heavy atom. The molecular weight excluding hydrogens is 328 g/mol. The molecule has 0 spiro atoms. The molecule has 8 heteroatoms. The predicted molar refractivity (Wildman–Crippen MR) is 93.4 cm³/mol. The first kappa shape index (κ1) is 22.8. The SMILES string of the molecule is C=CC(=O)OCCOC(=O)NCCCCC(C)C(C)(C)N(C)C(=O)O. The molecule has 0 saturated carbocycles. The maximum Gasteiger partial charge on any atom is 0.407 e. The van der Waals surface area contributed by atoms with Gasteiger partial charge in [-0.25, -0.2) is 14.4 Å². The van der Waals surface area contributed by atoms with Gasteiger partial charge in [-0.2, -0.15) is 0 Å².